The monoisotopic (exact) mass is 918 g/mol. The van der Waals surface area contributed by atoms with E-state index in [4.69, 9.17) is 14.2 Å². The SMILES string of the molecule is CC1CC=C2C(=O)C(=Cc3cc4sc5c(c4s3)C(C(=O)OCc3ccccc3)(C(=O)OCc3ccccc3)Oc3c-5sc4cc(C=C5C(=O)C6=CCCC=C6C5=O)sc34)C(=O)C2=CC1. The Morgan fingerprint density at radius 2 is 1.08 bits per heavy atom. The first kappa shape index (κ1) is 40.4. The molecule has 11 rings (SSSR count). The highest BCUT2D eigenvalue weighted by molar-refractivity contribution is 7.35. The average Bonchev–Trinajstić information content (AvgIpc) is 4.12. The van der Waals surface area contributed by atoms with Crippen LogP contribution < -0.4 is 4.74 Å². The maximum atomic E-state index is 15.1. The lowest BCUT2D eigenvalue weighted by Gasteiger charge is -2.33. The fourth-order valence-corrected chi connectivity index (χ4v) is 14.0. The second-order valence-corrected chi connectivity index (χ2v) is 20.5. The molecule has 0 radical (unpaired) electrons. The highest BCUT2D eigenvalue weighted by Crippen LogP contribution is 2.61. The predicted molar refractivity (Wildman–Crippen MR) is 249 cm³/mol. The van der Waals surface area contributed by atoms with Crippen molar-refractivity contribution in [1.29, 1.82) is 0 Å². The Bertz CT molecular complexity index is 3140. The number of carbonyl (C=O) groups is 6. The molecule has 13 heteroatoms. The zero-order chi connectivity index (χ0) is 43.9. The number of esters is 2. The summed E-state index contributed by atoms with van der Waals surface area (Å²) in [6, 6.07) is 22.0. The van der Waals surface area contributed by atoms with Crippen LogP contribution in [0.15, 0.2) is 131 Å². The summed E-state index contributed by atoms with van der Waals surface area (Å²) in [5, 5.41) is 0. The van der Waals surface area contributed by atoms with Gasteiger partial charge in [0.25, 0.3) is 0 Å². The maximum absolute atomic E-state index is 15.1. The first-order valence-corrected chi connectivity index (χ1v) is 24.0. The standard InChI is InChI=1S/C51H34O9S4/c1-26-16-18-33-34(19-17-26)43(55)36(42(33)54)20-29-22-37-45(61-29)39-47(63-37)48-44(46-38(64-48)23-30(62-46)21-35-40(52)31-14-8-9-15-32(31)41(35)53)60-51(39,49(56)58-24-27-10-4-2-5-11-27)50(57)59-25-28-12-6-3-7-13-28/h2-7,10-15,18-23,26H,8-9,16-17,24-25H2,1H3. The van der Waals surface area contributed by atoms with Gasteiger partial charge in [0.2, 0.25) is 0 Å². The summed E-state index contributed by atoms with van der Waals surface area (Å²) >= 11 is 5.31. The van der Waals surface area contributed by atoms with Crippen LogP contribution in [0.5, 0.6) is 5.75 Å². The summed E-state index contributed by atoms with van der Waals surface area (Å²) in [5.41, 5.74) is 1.12. The van der Waals surface area contributed by atoms with Gasteiger partial charge in [0.15, 0.2) is 28.9 Å². The fourth-order valence-electron chi connectivity index (χ4n) is 8.70. The van der Waals surface area contributed by atoms with Crippen LogP contribution in [-0.4, -0.2) is 35.1 Å². The molecular formula is C51H34O9S4. The van der Waals surface area contributed by atoms with E-state index in [-0.39, 0.29) is 58.8 Å². The Kier molecular flexibility index (Phi) is 9.91. The molecule has 6 aromatic rings. The van der Waals surface area contributed by atoms with Crippen LogP contribution >= 0.6 is 45.3 Å². The normalized spacial score (nSPS) is 17.8. The van der Waals surface area contributed by atoms with E-state index in [9.17, 15) is 19.2 Å². The quantitative estimate of drug-likeness (QED) is 0.0634. The van der Waals surface area contributed by atoms with Gasteiger partial charge in [0, 0.05) is 36.7 Å². The van der Waals surface area contributed by atoms with E-state index in [2.05, 4.69) is 6.92 Å². The summed E-state index contributed by atoms with van der Waals surface area (Å²) < 4.78 is 21.6. The molecule has 0 unspecified atom stereocenters. The molecule has 9 nitrogen and oxygen atoms in total. The van der Waals surface area contributed by atoms with Crippen molar-refractivity contribution in [2.75, 3.05) is 0 Å². The summed E-state index contributed by atoms with van der Waals surface area (Å²) in [4.78, 5) is 86.8. The third-order valence-electron chi connectivity index (χ3n) is 12.0. The Morgan fingerprint density at radius 1 is 0.625 bits per heavy atom. The number of hydrogen-bond donors (Lipinski definition) is 0. The third kappa shape index (κ3) is 6.51. The minimum absolute atomic E-state index is 0.0710. The molecule has 2 aromatic carbocycles. The second kappa shape index (κ2) is 15.7. The minimum Gasteiger partial charge on any atom is -0.457 e. The smallest absolute Gasteiger partial charge is 0.367 e. The van der Waals surface area contributed by atoms with Gasteiger partial charge in [-0.15, -0.1) is 45.3 Å². The number of ketones is 4. The average molecular weight is 919 g/mol. The third-order valence-corrected chi connectivity index (χ3v) is 16.8. The van der Waals surface area contributed by atoms with E-state index in [1.54, 1.807) is 12.2 Å². The van der Waals surface area contributed by atoms with Crippen molar-refractivity contribution in [3.63, 3.8) is 0 Å². The number of ether oxygens (including phenoxy) is 3. The van der Waals surface area contributed by atoms with Crippen LogP contribution in [-0.2, 0) is 57.1 Å². The van der Waals surface area contributed by atoms with E-state index < -0.39 is 17.5 Å². The van der Waals surface area contributed by atoms with Gasteiger partial charge < -0.3 is 14.2 Å². The number of thiophene rings is 4. The van der Waals surface area contributed by atoms with Crippen molar-refractivity contribution in [2.45, 2.75) is 51.4 Å². The van der Waals surface area contributed by atoms with Crippen molar-refractivity contribution in [1.82, 2.24) is 0 Å². The van der Waals surface area contributed by atoms with Gasteiger partial charge in [-0.1, -0.05) is 91.9 Å². The molecule has 5 heterocycles. The van der Waals surface area contributed by atoms with Crippen LogP contribution in [0.25, 0.3) is 40.7 Å². The molecule has 4 aromatic heterocycles. The Hall–Kier alpha value is -6.38. The molecule has 1 aliphatic heterocycles. The second-order valence-electron chi connectivity index (χ2n) is 16.2. The molecule has 0 atom stereocenters. The van der Waals surface area contributed by atoms with E-state index >= 15 is 9.59 Å². The molecular weight excluding hydrogens is 885 g/mol. The highest BCUT2D eigenvalue weighted by atomic mass is 32.1. The van der Waals surface area contributed by atoms with Crippen LogP contribution in [0.1, 0.15) is 59.1 Å². The van der Waals surface area contributed by atoms with E-state index in [0.29, 0.717) is 98.6 Å². The molecule has 2 fully saturated rings. The van der Waals surface area contributed by atoms with Crippen molar-refractivity contribution >= 4 is 111 Å². The number of benzene rings is 2. The van der Waals surface area contributed by atoms with Crippen LogP contribution in [0.2, 0.25) is 0 Å². The number of carbonyl (C=O) groups excluding carboxylic acids is 6. The van der Waals surface area contributed by atoms with Gasteiger partial charge in [-0.3, -0.25) is 19.2 Å². The van der Waals surface area contributed by atoms with Gasteiger partial charge in [-0.25, -0.2) is 9.59 Å². The van der Waals surface area contributed by atoms with Crippen LogP contribution in [0, 0.1) is 5.92 Å². The number of hydrogen-bond acceptors (Lipinski definition) is 13. The van der Waals surface area contributed by atoms with Crippen LogP contribution in [0.4, 0.5) is 0 Å². The van der Waals surface area contributed by atoms with Gasteiger partial charge >= 0.3 is 17.5 Å². The van der Waals surface area contributed by atoms with Crippen molar-refractivity contribution in [2.24, 2.45) is 5.92 Å². The number of fused-ring (bicyclic) bond motifs is 9. The van der Waals surface area contributed by atoms with Crippen LogP contribution in [0.3, 0.4) is 0 Å². The first-order chi connectivity index (χ1) is 31.1. The summed E-state index contributed by atoms with van der Waals surface area (Å²) in [6.45, 7) is 1.77. The zero-order valence-corrected chi connectivity index (χ0v) is 37.3. The number of Topliss-reactive ketones (excluding diaryl/α,β-unsaturated/α-hetero) is 4. The number of allylic oxidation sites excluding steroid dienone is 10. The molecule has 2 saturated carbocycles. The molecule has 0 spiro atoms. The largest absolute Gasteiger partial charge is 0.457 e. The molecule has 4 aliphatic carbocycles. The molecule has 0 bridgehead atoms. The Balaban J connectivity index is 1.06. The van der Waals surface area contributed by atoms with E-state index in [1.807, 2.05) is 97.1 Å². The van der Waals surface area contributed by atoms with Crippen molar-refractivity contribution < 1.29 is 43.0 Å². The molecule has 316 valence electrons. The lowest BCUT2D eigenvalue weighted by molar-refractivity contribution is -0.183. The molecule has 0 saturated heterocycles. The fraction of sp³-hybridized carbons (Fsp3) is 0.176. The predicted octanol–water partition coefficient (Wildman–Crippen LogP) is 11.0. The van der Waals surface area contributed by atoms with Gasteiger partial charge in [-0.05, 0) is 67.0 Å². The topological polar surface area (TPSA) is 130 Å². The number of rotatable bonds is 8. The highest BCUT2D eigenvalue weighted by Gasteiger charge is 2.60. The van der Waals surface area contributed by atoms with Gasteiger partial charge in [0.05, 0.1) is 40.6 Å². The minimum atomic E-state index is -2.46. The van der Waals surface area contributed by atoms with E-state index in [0.717, 1.165) is 4.70 Å². The first-order valence-electron chi connectivity index (χ1n) is 20.8. The molecule has 0 N–H and O–H groups in total. The maximum Gasteiger partial charge on any atom is 0.367 e. The summed E-state index contributed by atoms with van der Waals surface area (Å²) in [6.07, 6.45) is 13.4. The van der Waals surface area contributed by atoms with Crippen molar-refractivity contribution in [3.8, 4) is 15.5 Å². The molecule has 5 aliphatic rings. The molecule has 64 heavy (non-hydrogen) atoms. The summed E-state index contributed by atoms with van der Waals surface area (Å²) in [5.74, 6) is -2.59. The zero-order valence-electron chi connectivity index (χ0n) is 34.0. The van der Waals surface area contributed by atoms with E-state index in [1.165, 1.54) is 45.3 Å². The van der Waals surface area contributed by atoms with Crippen molar-refractivity contribution in [3.05, 3.63) is 157 Å². The van der Waals surface area contributed by atoms with Gasteiger partial charge in [-0.2, -0.15) is 0 Å². The lowest BCUT2D eigenvalue weighted by Crippen LogP contribution is -2.52. The Morgan fingerprint density at radius 3 is 1.59 bits per heavy atom. The van der Waals surface area contributed by atoms with Gasteiger partial charge in [0.1, 0.15) is 13.2 Å². The molecule has 0 amide bonds. The lowest BCUT2D eigenvalue weighted by atomic mass is 9.90. The Labute approximate surface area is 382 Å². The summed E-state index contributed by atoms with van der Waals surface area (Å²) in [7, 11) is 0.